The maximum Gasteiger partial charge on any atom is 0.234 e. The molecule has 1 amide bonds. The predicted octanol–water partition coefficient (Wildman–Crippen LogP) is 4.67. The van der Waals surface area contributed by atoms with E-state index in [1.807, 2.05) is 30.5 Å². The lowest BCUT2D eigenvalue weighted by atomic mass is 10.1. The largest absolute Gasteiger partial charge is 0.469 e. The Balaban J connectivity index is 1.41. The van der Waals surface area contributed by atoms with Crippen LogP contribution in [0.2, 0.25) is 0 Å². The number of aryl methyl sites for hydroxylation is 2. The number of carbonyl (C=O) groups is 1. The van der Waals surface area contributed by atoms with E-state index in [1.54, 1.807) is 12.3 Å². The first-order chi connectivity index (χ1) is 15.1. The molecule has 31 heavy (non-hydrogen) atoms. The maximum absolute atomic E-state index is 12.6. The van der Waals surface area contributed by atoms with Crippen molar-refractivity contribution in [1.29, 1.82) is 0 Å². The maximum atomic E-state index is 12.6. The van der Waals surface area contributed by atoms with E-state index in [-0.39, 0.29) is 11.7 Å². The van der Waals surface area contributed by atoms with Gasteiger partial charge < -0.3 is 14.6 Å². The van der Waals surface area contributed by atoms with Gasteiger partial charge in [-0.15, -0.1) is 16.8 Å². The molecule has 2 aromatic heterocycles. The smallest absolute Gasteiger partial charge is 0.234 e. The fourth-order valence-electron chi connectivity index (χ4n) is 3.78. The SMILES string of the molecule is C=CCn1c(SCC(=O)Nc2ccc(N3CCCC3)cc2C)nnc1-c1ccoc1C. The van der Waals surface area contributed by atoms with Crippen LogP contribution in [-0.2, 0) is 11.3 Å². The van der Waals surface area contributed by atoms with Crippen molar-refractivity contribution >= 4 is 29.0 Å². The van der Waals surface area contributed by atoms with Crippen LogP contribution in [0.15, 0.2) is 52.8 Å². The average Bonchev–Trinajstić information content (AvgIpc) is 3.50. The Labute approximate surface area is 186 Å². The fraction of sp³-hybridized carbons (Fsp3) is 0.348. The van der Waals surface area contributed by atoms with Crippen LogP contribution in [0.5, 0.6) is 0 Å². The highest BCUT2D eigenvalue weighted by Gasteiger charge is 2.18. The molecule has 0 saturated carbocycles. The number of furan rings is 1. The number of hydrogen-bond acceptors (Lipinski definition) is 6. The lowest BCUT2D eigenvalue weighted by molar-refractivity contribution is -0.113. The van der Waals surface area contributed by atoms with Crippen molar-refractivity contribution in [3.8, 4) is 11.4 Å². The van der Waals surface area contributed by atoms with Crippen molar-refractivity contribution in [2.45, 2.75) is 38.4 Å². The molecule has 3 aromatic rings. The van der Waals surface area contributed by atoms with Gasteiger partial charge in [0.15, 0.2) is 11.0 Å². The quantitative estimate of drug-likeness (QED) is 0.408. The lowest BCUT2D eigenvalue weighted by Gasteiger charge is -2.19. The van der Waals surface area contributed by atoms with Crippen molar-refractivity contribution in [2.75, 3.05) is 29.1 Å². The first-order valence-electron chi connectivity index (χ1n) is 10.4. The van der Waals surface area contributed by atoms with E-state index in [4.69, 9.17) is 4.42 Å². The molecule has 1 saturated heterocycles. The number of allylic oxidation sites excluding steroid dienone is 1. The predicted molar refractivity (Wildman–Crippen MR) is 125 cm³/mol. The minimum Gasteiger partial charge on any atom is -0.469 e. The van der Waals surface area contributed by atoms with E-state index < -0.39 is 0 Å². The summed E-state index contributed by atoms with van der Waals surface area (Å²) in [6.07, 6.45) is 5.91. The molecule has 3 heterocycles. The Morgan fingerprint density at radius 3 is 2.74 bits per heavy atom. The molecule has 1 aliphatic rings. The van der Waals surface area contributed by atoms with Gasteiger partial charge in [0.25, 0.3) is 0 Å². The number of hydrogen-bond donors (Lipinski definition) is 1. The van der Waals surface area contributed by atoms with E-state index >= 15 is 0 Å². The number of aromatic nitrogens is 3. The van der Waals surface area contributed by atoms with Crippen LogP contribution in [0.3, 0.4) is 0 Å². The normalized spacial score (nSPS) is 13.5. The standard InChI is InChI=1S/C23H27N5O2S/c1-4-10-28-22(19-9-13-30-17(19)3)25-26-23(28)31-15-21(29)24-20-8-7-18(14-16(20)2)27-11-5-6-12-27/h4,7-9,13-14H,1,5-6,10-12,15H2,2-3H3,(H,24,29). The van der Waals surface area contributed by atoms with Crippen molar-refractivity contribution in [2.24, 2.45) is 0 Å². The summed E-state index contributed by atoms with van der Waals surface area (Å²) >= 11 is 1.36. The van der Waals surface area contributed by atoms with E-state index in [9.17, 15) is 4.79 Å². The van der Waals surface area contributed by atoms with Crippen molar-refractivity contribution in [3.63, 3.8) is 0 Å². The van der Waals surface area contributed by atoms with Gasteiger partial charge in [0.1, 0.15) is 5.76 Å². The zero-order chi connectivity index (χ0) is 21.8. The second-order valence-electron chi connectivity index (χ2n) is 7.63. The average molecular weight is 438 g/mol. The Morgan fingerprint density at radius 1 is 1.26 bits per heavy atom. The topological polar surface area (TPSA) is 76.2 Å². The molecule has 8 heteroatoms. The highest BCUT2D eigenvalue weighted by Crippen LogP contribution is 2.28. The summed E-state index contributed by atoms with van der Waals surface area (Å²) < 4.78 is 7.34. The molecule has 1 fully saturated rings. The minimum absolute atomic E-state index is 0.0729. The van der Waals surface area contributed by atoms with Crippen LogP contribution < -0.4 is 10.2 Å². The first-order valence-corrected chi connectivity index (χ1v) is 11.4. The molecule has 7 nitrogen and oxygen atoms in total. The first kappa shape index (κ1) is 21.2. The summed E-state index contributed by atoms with van der Waals surface area (Å²) in [5, 5.41) is 12.3. The molecule has 1 N–H and O–H groups in total. The molecule has 0 unspecified atom stereocenters. The third-order valence-corrected chi connectivity index (χ3v) is 6.38. The summed E-state index contributed by atoms with van der Waals surface area (Å²) in [6, 6.07) is 8.09. The molecule has 4 rings (SSSR count). The van der Waals surface area contributed by atoms with E-state index in [0.29, 0.717) is 17.5 Å². The Kier molecular flexibility index (Phi) is 6.46. The number of amides is 1. The number of nitrogens with one attached hydrogen (secondary N) is 1. The van der Waals surface area contributed by atoms with Gasteiger partial charge in [-0.3, -0.25) is 9.36 Å². The highest BCUT2D eigenvalue weighted by atomic mass is 32.2. The Morgan fingerprint density at radius 2 is 2.06 bits per heavy atom. The molecule has 0 radical (unpaired) electrons. The summed E-state index contributed by atoms with van der Waals surface area (Å²) in [5.41, 5.74) is 4.02. The van der Waals surface area contributed by atoms with Crippen molar-refractivity contribution < 1.29 is 9.21 Å². The number of thioether (sulfide) groups is 1. The van der Waals surface area contributed by atoms with Crippen LogP contribution >= 0.6 is 11.8 Å². The third-order valence-electron chi connectivity index (χ3n) is 5.42. The lowest BCUT2D eigenvalue weighted by Crippen LogP contribution is -2.18. The molecular weight excluding hydrogens is 410 g/mol. The number of rotatable bonds is 8. The number of benzene rings is 1. The molecular formula is C23H27N5O2S. The van der Waals surface area contributed by atoms with E-state index in [2.05, 4.69) is 39.1 Å². The Hall–Kier alpha value is -3.00. The monoisotopic (exact) mass is 437 g/mol. The second kappa shape index (κ2) is 9.43. The molecule has 1 aromatic carbocycles. The molecule has 0 spiro atoms. The third kappa shape index (κ3) is 4.69. The van der Waals surface area contributed by atoms with E-state index in [1.165, 1.54) is 30.3 Å². The van der Waals surface area contributed by atoms with Gasteiger partial charge >= 0.3 is 0 Å². The summed E-state index contributed by atoms with van der Waals surface area (Å²) in [5.74, 6) is 1.66. The molecule has 0 bridgehead atoms. The molecule has 0 atom stereocenters. The van der Waals surface area contributed by atoms with Gasteiger partial charge in [-0.1, -0.05) is 17.8 Å². The van der Waals surface area contributed by atoms with Gasteiger partial charge in [-0.25, -0.2) is 0 Å². The zero-order valence-corrected chi connectivity index (χ0v) is 18.7. The number of carbonyl (C=O) groups excluding carboxylic acids is 1. The zero-order valence-electron chi connectivity index (χ0n) is 17.9. The van der Waals surface area contributed by atoms with Crippen molar-refractivity contribution in [3.05, 3.63) is 54.5 Å². The van der Waals surface area contributed by atoms with Gasteiger partial charge in [0.05, 0.1) is 17.6 Å². The van der Waals surface area contributed by atoms with Crippen LogP contribution in [0.1, 0.15) is 24.2 Å². The molecule has 0 aliphatic carbocycles. The van der Waals surface area contributed by atoms with Gasteiger partial charge in [0.2, 0.25) is 5.91 Å². The molecule has 1 aliphatic heterocycles. The van der Waals surface area contributed by atoms with Crippen LogP contribution in [0.25, 0.3) is 11.4 Å². The highest BCUT2D eigenvalue weighted by molar-refractivity contribution is 7.99. The van der Waals surface area contributed by atoms with Crippen LogP contribution in [0.4, 0.5) is 11.4 Å². The van der Waals surface area contributed by atoms with Crippen LogP contribution in [-0.4, -0.2) is 39.5 Å². The fourth-order valence-corrected chi connectivity index (χ4v) is 4.53. The molecule has 162 valence electrons. The number of nitrogens with zero attached hydrogens (tertiary/aromatic N) is 4. The van der Waals surface area contributed by atoms with E-state index in [0.717, 1.165) is 35.7 Å². The minimum atomic E-state index is -0.0729. The van der Waals surface area contributed by atoms with Gasteiger partial charge in [-0.2, -0.15) is 0 Å². The Bertz CT molecular complexity index is 1080. The number of anilines is 2. The second-order valence-corrected chi connectivity index (χ2v) is 8.57. The van der Waals surface area contributed by atoms with Gasteiger partial charge in [0, 0.05) is 31.0 Å². The van der Waals surface area contributed by atoms with Crippen molar-refractivity contribution in [1.82, 2.24) is 14.8 Å². The summed E-state index contributed by atoms with van der Waals surface area (Å²) in [7, 11) is 0. The summed E-state index contributed by atoms with van der Waals surface area (Å²) in [4.78, 5) is 15.0. The van der Waals surface area contributed by atoms with Gasteiger partial charge in [-0.05, 0) is 56.5 Å². The summed E-state index contributed by atoms with van der Waals surface area (Å²) in [6.45, 7) is 10.5. The van der Waals surface area contributed by atoms with Crippen LogP contribution in [0, 0.1) is 13.8 Å².